The van der Waals surface area contributed by atoms with Gasteiger partial charge in [-0.1, -0.05) is 17.7 Å². The van der Waals surface area contributed by atoms with Crippen molar-refractivity contribution >= 4 is 28.7 Å². The van der Waals surface area contributed by atoms with E-state index in [9.17, 15) is 9.18 Å². The summed E-state index contributed by atoms with van der Waals surface area (Å²) >= 11 is 5.82. The molecular formula is C15H9ClFNO3. The minimum absolute atomic E-state index is 0.00316. The molecule has 0 aliphatic carbocycles. The molecule has 0 spiro atoms. The van der Waals surface area contributed by atoms with Crippen LogP contribution >= 0.6 is 11.6 Å². The Hall–Kier alpha value is -2.40. The molecule has 0 atom stereocenters. The number of fused-ring (bicyclic) bond motifs is 1. The number of aromatic nitrogens is 1. The fourth-order valence-electron chi connectivity index (χ4n) is 1.93. The van der Waals surface area contributed by atoms with Gasteiger partial charge in [-0.05, 0) is 24.3 Å². The van der Waals surface area contributed by atoms with Gasteiger partial charge in [0, 0.05) is 13.0 Å². The number of benzene rings is 2. The number of nitrogens with zero attached hydrogens (tertiary/aromatic N) is 1. The molecule has 0 N–H and O–H groups in total. The minimum atomic E-state index is -0.867. The van der Waals surface area contributed by atoms with Gasteiger partial charge in [0.2, 0.25) is 0 Å². The number of aryl methyl sites for hydroxylation is 1. The maximum absolute atomic E-state index is 13.6. The second-order valence-electron chi connectivity index (χ2n) is 4.35. The predicted molar refractivity (Wildman–Crippen MR) is 75.1 cm³/mol. The van der Waals surface area contributed by atoms with Crippen molar-refractivity contribution in [1.82, 2.24) is 4.98 Å². The van der Waals surface area contributed by atoms with E-state index in [2.05, 4.69) is 4.98 Å². The number of oxazole rings is 1. The Labute approximate surface area is 124 Å². The van der Waals surface area contributed by atoms with Crippen molar-refractivity contribution in [3.8, 4) is 5.75 Å². The summed E-state index contributed by atoms with van der Waals surface area (Å²) in [4.78, 5) is 16.1. The van der Waals surface area contributed by atoms with E-state index in [-0.39, 0.29) is 16.3 Å². The summed E-state index contributed by atoms with van der Waals surface area (Å²) in [7, 11) is 0. The van der Waals surface area contributed by atoms with Crippen molar-refractivity contribution in [2.24, 2.45) is 0 Å². The third-order valence-corrected chi connectivity index (χ3v) is 3.16. The Kier molecular flexibility index (Phi) is 3.35. The second kappa shape index (κ2) is 5.18. The van der Waals surface area contributed by atoms with Gasteiger partial charge in [0.05, 0.1) is 5.02 Å². The average Bonchev–Trinajstić information content (AvgIpc) is 2.77. The van der Waals surface area contributed by atoms with E-state index in [4.69, 9.17) is 20.8 Å². The highest BCUT2D eigenvalue weighted by atomic mass is 35.5. The highest BCUT2D eigenvalue weighted by Gasteiger charge is 2.18. The van der Waals surface area contributed by atoms with Crippen LogP contribution < -0.4 is 4.74 Å². The predicted octanol–water partition coefficient (Wildman–Crippen LogP) is 4.15. The van der Waals surface area contributed by atoms with Crippen LogP contribution in [0.5, 0.6) is 5.75 Å². The molecule has 6 heteroatoms. The van der Waals surface area contributed by atoms with Crippen LogP contribution in [-0.2, 0) is 0 Å². The van der Waals surface area contributed by atoms with Crippen molar-refractivity contribution in [2.75, 3.05) is 0 Å². The van der Waals surface area contributed by atoms with Crippen LogP contribution in [0.2, 0.25) is 5.02 Å². The van der Waals surface area contributed by atoms with Crippen LogP contribution in [0.1, 0.15) is 16.2 Å². The standard InChI is InChI=1S/C15H9ClFNO3/c1-8-18-12-6-5-9(7-13(12)20-8)21-15(19)14-10(16)3-2-4-11(14)17/h2-7H,1H3. The smallest absolute Gasteiger partial charge is 0.348 e. The average molecular weight is 306 g/mol. The van der Waals surface area contributed by atoms with E-state index in [0.29, 0.717) is 17.0 Å². The summed E-state index contributed by atoms with van der Waals surface area (Å²) in [5.41, 5.74) is 0.835. The van der Waals surface area contributed by atoms with Gasteiger partial charge in [-0.25, -0.2) is 14.2 Å². The SMILES string of the molecule is Cc1nc2ccc(OC(=O)c3c(F)cccc3Cl)cc2o1. The first kappa shape index (κ1) is 13.6. The summed E-state index contributed by atoms with van der Waals surface area (Å²) in [5.74, 6) is -0.869. The number of rotatable bonds is 2. The molecule has 1 aromatic heterocycles. The zero-order valence-electron chi connectivity index (χ0n) is 10.9. The summed E-state index contributed by atoms with van der Waals surface area (Å²) < 4.78 is 24.1. The Morgan fingerprint density at radius 3 is 2.90 bits per heavy atom. The Morgan fingerprint density at radius 2 is 2.14 bits per heavy atom. The maximum Gasteiger partial charge on any atom is 0.348 e. The molecule has 0 amide bonds. The molecule has 106 valence electrons. The van der Waals surface area contributed by atoms with Gasteiger partial charge in [-0.3, -0.25) is 0 Å². The van der Waals surface area contributed by atoms with Crippen LogP contribution in [0.25, 0.3) is 11.1 Å². The molecule has 21 heavy (non-hydrogen) atoms. The van der Waals surface area contributed by atoms with Crippen molar-refractivity contribution in [1.29, 1.82) is 0 Å². The molecular weight excluding hydrogens is 297 g/mol. The van der Waals surface area contributed by atoms with E-state index in [1.807, 2.05) is 0 Å². The number of carbonyl (C=O) groups is 1. The normalized spacial score (nSPS) is 10.8. The third-order valence-electron chi connectivity index (χ3n) is 2.84. The summed E-state index contributed by atoms with van der Waals surface area (Å²) in [6.45, 7) is 1.71. The summed E-state index contributed by atoms with van der Waals surface area (Å²) in [6, 6.07) is 8.70. The molecule has 0 aliphatic heterocycles. The zero-order valence-corrected chi connectivity index (χ0v) is 11.6. The van der Waals surface area contributed by atoms with Crippen LogP contribution in [0.3, 0.4) is 0 Å². The second-order valence-corrected chi connectivity index (χ2v) is 4.76. The molecule has 3 rings (SSSR count). The molecule has 0 radical (unpaired) electrons. The molecule has 0 fully saturated rings. The number of carbonyl (C=O) groups excluding carboxylic acids is 1. The van der Waals surface area contributed by atoms with Crippen molar-refractivity contribution in [2.45, 2.75) is 6.92 Å². The van der Waals surface area contributed by atoms with Gasteiger partial charge in [-0.2, -0.15) is 0 Å². The molecule has 0 bridgehead atoms. The number of hydrogen-bond donors (Lipinski definition) is 0. The molecule has 0 aliphatic rings. The quantitative estimate of drug-likeness (QED) is 0.527. The summed E-state index contributed by atoms with van der Waals surface area (Å²) in [5, 5.41) is -0.00316. The van der Waals surface area contributed by atoms with Crippen LogP contribution in [0.4, 0.5) is 4.39 Å². The first-order chi connectivity index (χ1) is 10.0. The lowest BCUT2D eigenvalue weighted by atomic mass is 10.2. The molecule has 1 heterocycles. The molecule has 0 saturated heterocycles. The van der Waals surface area contributed by atoms with E-state index < -0.39 is 11.8 Å². The van der Waals surface area contributed by atoms with Crippen LogP contribution in [-0.4, -0.2) is 11.0 Å². The lowest BCUT2D eigenvalue weighted by Crippen LogP contribution is -2.11. The van der Waals surface area contributed by atoms with E-state index in [1.54, 1.807) is 19.1 Å². The zero-order chi connectivity index (χ0) is 15.0. The number of esters is 1. The minimum Gasteiger partial charge on any atom is -0.441 e. The molecule has 0 saturated carbocycles. The van der Waals surface area contributed by atoms with Gasteiger partial charge in [-0.15, -0.1) is 0 Å². The van der Waals surface area contributed by atoms with E-state index in [0.717, 1.165) is 6.07 Å². The first-order valence-electron chi connectivity index (χ1n) is 6.08. The van der Waals surface area contributed by atoms with Crippen molar-refractivity contribution < 1.29 is 18.3 Å². The van der Waals surface area contributed by atoms with Gasteiger partial charge in [0.15, 0.2) is 11.5 Å². The number of hydrogen-bond acceptors (Lipinski definition) is 4. The Balaban J connectivity index is 1.92. The highest BCUT2D eigenvalue weighted by molar-refractivity contribution is 6.33. The summed E-state index contributed by atoms with van der Waals surface area (Å²) in [6.07, 6.45) is 0. The monoisotopic (exact) mass is 305 g/mol. The lowest BCUT2D eigenvalue weighted by Gasteiger charge is -2.06. The largest absolute Gasteiger partial charge is 0.441 e. The fourth-order valence-corrected chi connectivity index (χ4v) is 2.17. The first-order valence-corrected chi connectivity index (χ1v) is 6.46. The van der Waals surface area contributed by atoms with Gasteiger partial charge in [0.25, 0.3) is 0 Å². The maximum atomic E-state index is 13.6. The Bertz CT molecular complexity index is 824. The van der Waals surface area contributed by atoms with Crippen molar-refractivity contribution in [3.05, 3.63) is 58.7 Å². The Morgan fingerprint density at radius 1 is 1.33 bits per heavy atom. The number of halogens is 2. The van der Waals surface area contributed by atoms with Crippen LogP contribution in [0.15, 0.2) is 40.8 Å². The van der Waals surface area contributed by atoms with E-state index in [1.165, 1.54) is 18.2 Å². The molecule has 0 unspecified atom stereocenters. The van der Waals surface area contributed by atoms with E-state index >= 15 is 0 Å². The lowest BCUT2D eigenvalue weighted by molar-refractivity contribution is 0.0730. The fraction of sp³-hybridized carbons (Fsp3) is 0.0667. The molecule has 4 nitrogen and oxygen atoms in total. The third kappa shape index (κ3) is 2.60. The molecule has 2 aromatic carbocycles. The van der Waals surface area contributed by atoms with Gasteiger partial charge < -0.3 is 9.15 Å². The highest BCUT2D eigenvalue weighted by Crippen LogP contribution is 2.24. The number of ether oxygens (including phenoxy) is 1. The van der Waals surface area contributed by atoms with Gasteiger partial charge >= 0.3 is 5.97 Å². The topological polar surface area (TPSA) is 52.3 Å². The van der Waals surface area contributed by atoms with Gasteiger partial charge in [0.1, 0.15) is 22.6 Å². The van der Waals surface area contributed by atoms with Crippen LogP contribution in [0, 0.1) is 12.7 Å². The van der Waals surface area contributed by atoms with Crippen molar-refractivity contribution in [3.63, 3.8) is 0 Å². The molecule has 3 aromatic rings.